The fourth-order valence-electron chi connectivity index (χ4n) is 3.26. The molecular weight excluding hydrogens is 394 g/mol. The average molecular weight is 424 g/mol. The van der Waals surface area contributed by atoms with E-state index in [9.17, 15) is 4.79 Å². The minimum absolute atomic E-state index is 0.0825. The highest BCUT2D eigenvalue weighted by atomic mass is 32.2. The lowest BCUT2D eigenvalue weighted by Gasteiger charge is -2.20. The number of carbonyl (C=O) groups excluding carboxylic acids is 1. The molecule has 1 N–H and O–H groups in total. The number of benzene rings is 2. The number of nitrogens with one attached hydrogen (secondary N) is 1. The van der Waals surface area contributed by atoms with Crippen molar-refractivity contribution in [3.05, 3.63) is 58.7 Å². The van der Waals surface area contributed by atoms with Gasteiger partial charge in [0.15, 0.2) is 0 Å². The summed E-state index contributed by atoms with van der Waals surface area (Å²) in [5, 5.41) is 11.7. The summed E-state index contributed by atoms with van der Waals surface area (Å²) in [5.74, 6) is 1.24. The van der Waals surface area contributed by atoms with Crippen molar-refractivity contribution in [2.75, 3.05) is 11.1 Å². The Kier molecular flexibility index (Phi) is 6.98. The van der Waals surface area contributed by atoms with Gasteiger partial charge in [0.05, 0.1) is 5.75 Å². The third kappa shape index (κ3) is 5.11. The van der Waals surface area contributed by atoms with Crippen LogP contribution in [-0.4, -0.2) is 21.9 Å². The first kappa shape index (κ1) is 22.1. The normalized spacial score (nSPS) is 11.3. The van der Waals surface area contributed by atoms with Crippen LogP contribution in [0.2, 0.25) is 0 Å². The molecule has 0 fully saturated rings. The monoisotopic (exact) mass is 423 g/mol. The smallest absolute Gasteiger partial charge is 0.277 e. The van der Waals surface area contributed by atoms with Gasteiger partial charge in [-0.25, -0.2) is 0 Å². The van der Waals surface area contributed by atoms with Crippen LogP contribution in [0, 0.1) is 13.8 Å². The molecule has 3 aromatic rings. The first-order valence-corrected chi connectivity index (χ1v) is 11.2. The Labute approximate surface area is 182 Å². The van der Waals surface area contributed by atoms with E-state index in [0.29, 0.717) is 22.9 Å². The third-order valence-corrected chi connectivity index (χ3v) is 5.94. The number of hydrogen-bond donors (Lipinski definition) is 1. The van der Waals surface area contributed by atoms with Crippen LogP contribution >= 0.6 is 11.8 Å². The molecule has 0 aliphatic rings. The highest BCUT2D eigenvalue weighted by molar-refractivity contribution is 7.99. The van der Waals surface area contributed by atoms with Gasteiger partial charge in [0, 0.05) is 11.3 Å². The van der Waals surface area contributed by atoms with Crippen LogP contribution in [0.4, 0.5) is 5.69 Å². The number of amides is 1. The molecule has 0 atom stereocenters. The molecule has 1 amide bonds. The number of hydrogen-bond acceptors (Lipinski definition) is 5. The van der Waals surface area contributed by atoms with Crippen molar-refractivity contribution in [1.82, 2.24) is 10.2 Å². The van der Waals surface area contributed by atoms with E-state index in [4.69, 9.17) is 4.42 Å². The SMILES string of the molecule is Cc1ccc(-c2nnc(SCC(=O)Nc3c(C(C)C)cccc3C(C)C)o2)cc1C. The number of thioether (sulfide) groups is 1. The molecule has 0 saturated heterocycles. The van der Waals surface area contributed by atoms with E-state index < -0.39 is 0 Å². The lowest BCUT2D eigenvalue weighted by molar-refractivity contribution is -0.113. The van der Waals surface area contributed by atoms with Crippen LogP contribution in [-0.2, 0) is 4.79 Å². The summed E-state index contributed by atoms with van der Waals surface area (Å²) in [5.41, 5.74) is 6.49. The summed E-state index contributed by atoms with van der Waals surface area (Å²) >= 11 is 1.25. The minimum atomic E-state index is -0.0825. The van der Waals surface area contributed by atoms with Crippen LogP contribution in [0.3, 0.4) is 0 Å². The predicted molar refractivity (Wildman–Crippen MR) is 123 cm³/mol. The van der Waals surface area contributed by atoms with E-state index in [1.165, 1.54) is 22.9 Å². The molecular formula is C24H29N3O2S. The molecule has 0 saturated carbocycles. The summed E-state index contributed by atoms with van der Waals surface area (Å²) in [6.45, 7) is 12.7. The molecule has 0 unspecified atom stereocenters. The lowest BCUT2D eigenvalue weighted by Crippen LogP contribution is -2.17. The zero-order valence-electron chi connectivity index (χ0n) is 18.4. The van der Waals surface area contributed by atoms with E-state index in [0.717, 1.165) is 22.4 Å². The van der Waals surface area contributed by atoms with Gasteiger partial charge in [-0.05, 0) is 60.1 Å². The fourth-order valence-corrected chi connectivity index (χ4v) is 3.82. The van der Waals surface area contributed by atoms with Gasteiger partial charge < -0.3 is 9.73 Å². The minimum Gasteiger partial charge on any atom is -0.411 e. The van der Waals surface area contributed by atoms with Gasteiger partial charge in [0.2, 0.25) is 11.8 Å². The highest BCUT2D eigenvalue weighted by Gasteiger charge is 2.17. The number of rotatable bonds is 7. The van der Waals surface area contributed by atoms with Gasteiger partial charge in [-0.1, -0.05) is 63.7 Å². The molecule has 0 bridgehead atoms. The van der Waals surface area contributed by atoms with Gasteiger partial charge in [-0.2, -0.15) is 0 Å². The number of para-hydroxylation sites is 1. The molecule has 0 radical (unpaired) electrons. The Balaban J connectivity index is 1.69. The van der Waals surface area contributed by atoms with E-state index in [1.54, 1.807) is 0 Å². The molecule has 30 heavy (non-hydrogen) atoms. The predicted octanol–water partition coefficient (Wildman–Crippen LogP) is 6.33. The molecule has 5 nitrogen and oxygen atoms in total. The fraction of sp³-hybridized carbons (Fsp3) is 0.375. The van der Waals surface area contributed by atoms with Crippen molar-refractivity contribution < 1.29 is 9.21 Å². The molecule has 0 spiro atoms. The number of anilines is 1. The Bertz CT molecular complexity index is 1010. The second kappa shape index (κ2) is 9.47. The topological polar surface area (TPSA) is 68.0 Å². The van der Waals surface area contributed by atoms with Crippen LogP contribution in [0.1, 0.15) is 61.8 Å². The first-order chi connectivity index (χ1) is 14.3. The summed E-state index contributed by atoms with van der Waals surface area (Å²) in [6.07, 6.45) is 0. The number of nitrogens with zero attached hydrogens (tertiary/aromatic N) is 2. The van der Waals surface area contributed by atoms with Crippen LogP contribution in [0.5, 0.6) is 0 Å². The molecule has 0 aliphatic carbocycles. The summed E-state index contributed by atoms with van der Waals surface area (Å²) in [7, 11) is 0. The van der Waals surface area contributed by atoms with Gasteiger partial charge in [0.1, 0.15) is 0 Å². The van der Waals surface area contributed by atoms with Crippen LogP contribution < -0.4 is 5.32 Å². The Morgan fingerprint density at radius 1 is 1.00 bits per heavy atom. The summed E-state index contributed by atoms with van der Waals surface area (Å²) in [4.78, 5) is 12.7. The maximum Gasteiger partial charge on any atom is 0.277 e. The second-order valence-corrected chi connectivity index (χ2v) is 9.06. The first-order valence-electron chi connectivity index (χ1n) is 10.2. The second-order valence-electron chi connectivity index (χ2n) is 8.13. The van der Waals surface area contributed by atoms with Crippen molar-refractivity contribution >= 4 is 23.4 Å². The number of carbonyl (C=O) groups is 1. The quantitative estimate of drug-likeness (QED) is 0.450. The Morgan fingerprint density at radius 2 is 1.67 bits per heavy atom. The lowest BCUT2D eigenvalue weighted by atomic mass is 9.92. The van der Waals surface area contributed by atoms with E-state index in [-0.39, 0.29) is 11.7 Å². The Hall–Kier alpha value is -2.60. The van der Waals surface area contributed by atoms with E-state index in [1.807, 2.05) is 18.2 Å². The molecule has 1 heterocycles. The van der Waals surface area contributed by atoms with Crippen LogP contribution in [0.25, 0.3) is 11.5 Å². The average Bonchev–Trinajstić information content (AvgIpc) is 3.17. The standard InChI is InChI=1S/C24H29N3O2S/c1-14(2)19-8-7-9-20(15(3)4)22(19)25-21(28)13-30-24-27-26-23(29-24)18-11-10-16(5)17(6)12-18/h7-12,14-15H,13H2,1-6H3,(H,25,28). The molecule has 0 aliphatic heterocycles. The maximum absolute atomic E-state index is 12.7. The molecule has 158 valence electrons. The molecule has 1 aromatic heterocycles. The number of aromatic nitrogens is 2. The Morgan fingerprint density at radius 3 is 2.27 bits per heavy atom. The highest BCUT2D eigenvalue weighted by Crippen LogP contribution is 2.33. The zero-order chi connectivity index (χ0) is 21.8. The van der Waals surface area contributed by atoms with Gasteiger partial charge >= 0.3 is 0 Å². The van der Waals surface area contributed by atoms with E-state index >= 15 is 0 Å². The van der Waals surface area contributed by atoms with Gasteiger partial charge in [0.25, 0.3) is 5.22 Å². The molecule has 2 aromatic carbocycles. The van der Waals surface area contributed by atoms with Gasteiger partial charge in [-0.15, -0.1) is 10.2 Å². The van der Waals surface area contributed by atoms with E-state index in [2.05, 4.69) is 75.3 Å². The molecule has 6 heteroatoms. The molecule has 3 rings (SSSR count). The van der Waals surface area contributed by atoms with Crippen molar-refractivity contribution in [1.29, 1.82) is 0 Å². The van der Waals surface area contributed by atoms with Crippen molar-refractivity contribution in [2.45, 2.75) is 58.6 Å². The van der Waals surface area contributed by atoms with Crippen molar-refractivity contribution in [3.63, 3.8) is 0 Å². The number of aryl methyl sites for hydroxylation is 2. The van der Waals surface area contributed by atoms with Crippen molar-refractivity contribution in [2.24, 2.45) is 0 Å². The largest absolute Gasteiger partial charge is 0.411 e. The van der Waals surface area contributed by atoms with Crippen molar-refractivity contribution in [3.8, 4) is 11.5 Å². The van der Waals surface area contributed by atoms with Gasteiger partial charge in [-0.3, -0.25) is 4.79 Å². The zero-order valence-corrected chi connectivity index (χ0v) is 19.3. The third-order valence-electron chi connectivity index (χ3n) is 5.12. The maximum atomic E-state index is 12.7. The summed E-state index contributed by atoms with van der Waals surface area (Å²) < 4.78 is 5.75. The van der Waals surface area contributed by atoms with Crippen LogP contribution in [0.15, 0.2) is 46.0 Å². The summed E-state index contributed by atoms with van der Waals surface area (Å²) in [6, 6.07) is 12.2.